The van der Waals surface area contributed by atoms with Crippen molar-refractivity contribution >= 4 is 11.5 Å². The number of nitrogens with zero attached hydrogens (tertiary/aromatic N) is 4. The van der Waals surface area contributed by atoms with E-state index >= 15 is 0 Å². The Balaban J connectivity index is 1.22. The van der Waals surface area contributed by atoms with Crippen LogP contribution in [0.15, 0.2) is 48.9 Å². The van der Waals surface area contributed by atoms with Crippen LogP contribution < -0.4 is 0 Å². The third kappa shape index (κ3) is 3.84. The second kappa shape index (κ2) is 8.07. The zero-order valence-corrected chi connectivity index (χ0v) is 16.8. The van der Waals surface area contributed by atoms with Crippen molar-refractivity contribution in [1.82, 2.24) is 19.8 Å². The molecule has 0 bridgehead atoms. The van der Waals surface area contributed by atoms with Gasteiger partial charge in [-0.25, -0.2) is 4.98 Å². The normalized spacial score (nSPS) is 24.0. The van der Waals surface area contributed by atoms with Crippen molar-refractivity contribution in [3.05, 3.63) is 65.8 Å². The Labute approximate surface area is 172 Å². The smallest absolute Gasteiger partial charge is 0.274 e. The number of carbonyl (C=O) groups is 1. The fourth-order valence-electron chi connectivity index (χ4n) is 5.12. The van der Waals surface area contributed by atoms with Crippen LogP contribution in [0.5, 0.6) is 0 Å². The van der Waals surface area contributed by atoms with E-state index in [-0.39, 0.29) is 5.91 Å². The summed E-state index contributed by atoms with van der Waals surface area (Å²) in [5.74, 6) is 0.968. The van der Waals surface area contributed by atoms with E-state index in [1.54, 1.807) is 18.6 Å². The molecule has 2 aliphatic heterocycles. The number of rotatable bonds is 5. The molecular weight excluding hydrogens is 360 g/mol. The van der Waals surface area contributed by atoms with Crippen LogP contribution in [0, 0.1) is 11.8 Å². The molecule has 2 saturated heterocycles. The maximum atomic E-state index is 12.7. The van der Waals surface area contributed by atoms with Gasteiger partial charge in [0.2, 0.25) is 0 Å². The Morgan fingerprint density at radius 2 is 1.90 bits per heavy atom. The van der Waals surface area contributed by atoms with Crippen LogP contribution >= 0.6 is 0 Å². The van der Waals surface area contributed by atoms with Gasteiger partial charge in [0.1, 0.15) is 5.69 Å². The van der Waals surface area contributed by atoms with E-state index in [9.17, 15) is 4.79 Å². The van der Waals surface area contributed by atoms with Gasteiger partial charge in [-0.15, -0.1) is 0 Å². The summed E-state index contributed by atoms with van der Waals surface area (Å²) in [5.41, 5.74) is 4.59. The van der Waals surface area contributed by atoms with Gasteiger partial charge < -0.3 is 9.80 Å². The highest BCUT2D eigenvalue weighted by Crippen LogP contribution is 2.43. The first-order chi connectivity index (χ1) is 14.3. The van der Waals surface area contributed by atoms with Gasteiger partial charge in [0, 0.05) is 37.9 Å². The van der Waals surface area contributed by atoms with Crippen LogP contribution in [0.4, 0.5) is 0 Å². The second-order valence-electron chi connectivity index (χ2n) is 8.56. The third-order valence-electron chi connectivity index (χ3n) is 6.75. The molecule has 3 heterocycles. The van der Waals surface area contributed by atoms with Crippen LogP contribution in [0.2, 0.25) is 0 Å². The van der Waals surface area contributed by atoms with Gasteiger partial charge in [0.25, 0.3) is 5.91 Å². The molecule has 2 unspecified atom stereocenters. The van der Waals surface area contributed by atoms with Crippen molar-refractivity contribution in [2.45, 2.75) is 25.7 Å². The van der Waals surface area contributed by atoms with Crippen LogP contribution in [-0.2, 0) is 6.42 Å². The minimum Gasteiger partial charge on any atom is -0.336 e. The summed E-state index contributed by atoms with van der Waals surface area (Å²) in [7, 11) is 0. The first kappa shape index (κ1) is 18.5. The second-order valence-corrected chi connectivity index (χ2v) is 8.56. The molecule has 2 fully saturated rings. The first-order valence-corrected chi connectivity index (χ1v) is 10.8. The molecule has 5 nitrogen and oxygen atoms in total. The number of hydrogen-bond donors (Lipinski definition) is 0. The summed E-state index contributed by atoms with van der Waals surface area (Å²) in [6, 6.07) is 9.13. The maximum absolute atomic E-state index is 12.7. The van der Waals surface area contributed by atoms with E-state index in [2.05, 4.69) is 45.2 Å². The van der Waals surface area contributed by atoms with Gasteiger partial charge >= 0.3 is 0 Å². The van der Waals surface area contributed by atoms with Crippen LogP contribution in [0.25, 0.3) is 5.57 Å². The zero-order valence-electron chi connectivity index (χ0n) is 16.8. The lowest BCUT2D eigenvalue weighted by Gasteiger charge is -2.18. The van der Waals surface area contributed by atoms with E-state index in [1.807, 2.05) is 4.90 Å². The molecule has 0 spiro atoms. The van der Waals surface area contributed by atoms with Crippen molar-refractivity contribution in [2.24, 2.45) is 11.8 Å². The molecule has 0 radical (unpaired) electrons. The average molecular weight is 389 g/mol. The molecule has 1 aromatic heterocycles. The predicted octanol–water partition coefficient (Wildman–Crippen LogP) is 3.29. The van der Waals surface area contributed by atoms with Crippen molar-refractivity contribution in [3.63, 3.8) is 0 Å². The summed E-state index contributed by atoms with van der Waals surface area (Å²) < 4.78 is 0. The standard InChI is InChI=1S/C24H28N4O/c29-24(23-15-25-10-11-26-23)28-16-20-7-8-21(22(20)17-28)19-5-3-18(4-6-19)9-14-27-12-1-2-13-27/h3-6,8,10-11,15,20,22H,1-2,7,9,12-14,16-17H2. The molecule has 0 N–H and O–H groups in total. The predicted molar refractivity (Wildman–Crippen MR) is 113 cm³/mol. The van der Waals surface area contributed by atoms with Gasteiger partial charge in [-0.3, -0.25) is 9.78 Å². The fourth-order valence-corrected chi connectivity index (χ4v) is 5.12. The molecule has 2 aromatic rings. The molecule has 1 amide bonds. The number of benzene rings is 1. The number of aromatic nitrogens is 2. The summed E-state index contributed by atoms with van der Waals surface area (Å²) >= 11 is 0. The summed E-state index contributed by atoms with van der Waals surface area (Å²) in [6.07, 6.45) is 12.0. The Morgan fingerprint density at radius 3 is 2.66 bits per heavy atom. The van der Waals surface area contributed by atoms with Gasteiger partial charge in [0.05, 0.1) is 6.20 Å². The number of likely N-dealkylation sites (tertiary alicyclic amines) is 2. The van der Waals surface area contributed by atoms with Crippen molar-refractivity contribution < 1.29 is 4.79 Å². The van der Waals surface area contributed by atoms with Crippen LogP contribution in [0.1, 0.15) is 40.9 Å². The van der Waals surface area contributed by atoms with Crippen LogP contribution in [0.3, 0.4) is 0 Å². The van der Waals surface area contributed by atoms with E-state index in [0.717, 1.165) is 25.9 Å². The summed E-state index contributed by atoms with van der Waals surface area (Å²) in [5, 5.41) is 0. The van der Waals surface area contributed by atoms with Gasteiger partial charge in [-0.2, -0.15) is 0 Å². The Kier molecular flexibility index (Phi) is 5.15. The molecule has 5 heteroatoms. The molecule has 3 aliphatic rings. The van der Waals surface area contributed by atoms with Crippen molar-refractivity contribution in [1.29, 1.82) is 0 Å². The van der Waals surface area contributed by atoms with Crippen LogP contribution in [-0.4, -0.2) is 58.4 Å². The maximum Gasteiger partial charge on any atom is 0.274 e. The lowest BCUT2D eigenvalue weighted by molar-refractivity contribution is 0.0779. The van der Waals surface area contributed by atoms with E-state index in [4.69, 9.17) is 0 Å². The number of allylic oxidation sites excluding steroid dienone is 1. The molecular formula is C24H28N4O. The highest BCUT2D eigenvalue weighted by molar-refractivity contribution is 5.92. The largest absolute Gasteiger partial charge is 0.336 e. The average Bonchev–Trinajstić information content (AvgIpc) is 3.50. The topological polar surface area (TPSA) is 49.3 Å². The first-order valence-electron chi connectivity index (χ1n) is 10.8. The monoisotopic (exact) mass is 388 g/mol. The van der Waals surface area contributed by atoms with E-state index in [0.29, 0.717) is 17.5 Å². The highest BCUT2D eigenvalue weighted by atomic mass is 16.2. The number of carbonyl (C=O) groups excluding carboxylic acids is 1. The minimum absolute atomic E-state index is 0.00381. The summed E-state index contributed by atoms with van der Waals surface area (Å²) in [4.78, 5) is 25.5. The number of hydrogen-bond acceptors (Lipinski definition) is 4. The third-order valence-corrected chi connectivity index (χ3v) is 6.75. The number of amides is 1. The van der Waals surface area contributed by atoms with E-state index in [1.165, 1.54) is 49.2 Å². The molecule has 2 atom stereocenters. The Hall–Kier alpha value is -2.53. The van der Waals surface area contributed by atoms with Gasteiger partial charge in [-0.1, -0.05) is 30.3 Å². The molecule has 5 rings (SSSR count). The molecule has 0 saturated carbocycles. The van der Waals surface area contributed by atoms with Gasteiger partial charge in [-0.05, 0) is 61.4 Å². The minimum atomic E-state index is 0.00381. The lowest BCUT2D eigenvalue weighted by Crippen LogP contribution is -2.30. The lowest BCUT2D eigenvalue weighted by atomic mass is 9.90. The molecule has 1 aromatic carbocycles. The Bertz CT molecular complexity index is 887. The van der Waals surface area contributed by atoms with Crippen molar-refractivity contribution in [3.8, 4) is 0 Å². The van der Waals surface area contributed by atoms with Gasteiger partial charge in [0.15, 0.2) is 0 Å². The van der Waals surface area contributed by atoms with E-state index < -0.39 is 0 Å². The molecule has 1 aliphatic carbocycles. The highest BCUT2D eigenvalue weighted by Gasteiger charge is 2.40. The van der Waals surface area contributed by atoms with Crippen molar-refractivity contribution in [2.75, 3.05) is 32.7 Å². The number of fused-ring (bicyclic) bond motifs is 1. The fraction of sp³-hybridized carbons (Fsp3) is 0.458. The quantitative estimate of drug-likeness (QED) is 0.789. The summed E-state index contributed by atoms with van der Waals surface area (Å²) in [6.45, 7) is 5.29. The molecule has 29 heavy (non-hydrogen) atoms. The molecule has 150 valence electrons. The SMILES string of the molecule is O=C(c1cnccn1)N1CC2CC=C(c3ccc(CCN4CCCC4)cc3)C2C1. The zero-order chi connectivity index (χ0) is 19.6. The Morgan fingerprint density at radius 1 is 1.07 bits per heavy atom.